The number of nitrogens with zero attached hydrogens (tertiary/aromatic N) is 7. The molecule has 0 bridgehead atoms. The number of nitrogens with one attached hydrogen (secondary N) is 3. The number of hydrogen-bond acceptors (Lipinski definition) is 14. The number of benzene rings is 2. The minimum absolute atomic E-state index is 0.0279. The number of morpholine rings is 1. The molecule has 3 aromatic rings. The van der Waals surface area contributed by atoms with Gasteiger partial charge < -0.3 is 59.9 Å². The molecule has 22 nitrogen and oxygen atoms in total. The molecule has 0 unspecified atom stereocenters. The van der Waals surface area contributed by atoms with Crippen LogP contribution in [0.3, 0.4) is 0 Å². The normalized spacial score (nSPS) is 25.6. The first kappa shape index (κ1) is 72.6. The zero-order valence-electron chi connectivity index (χ0n) is 56.6. The predicted octanol–water partition coefficient (Wildman–Crippen LogP) is 5.27. The number of fused-ring (bicyclic) bond motifs is 1. The highest BCUT2D eigenvalue weighted by Gasteiger charge is 2.48. The van der Waals surface area contributed by atoms with Crippen LogP contribution in [0.1, 0.15) is 126 Å². The lowest BCUT2D eigenvalue weighted by Crippen LogP contribution is -2.63. The van der Waals surface area contributed by atoms with Crippen molar-refractivity contribution in [1.29, 1.82) is 0 Å². The fourth-order valence-corrected chi connectivity index (χ4v) is 12.8. The van der Waals surface area contributed by atoms with Gasteiger partial charge in [0.2, 0.25) is 41.4 Å². The summed E-state index contributed by atoms with van der Waals surface area (Å²) in [6.07, 6.45) is 1.62. The van der Waals surface area contributed by atoms with E-state index in [1.807, 2.05) is 82.3 Å². The van der Waals surface area contributed by atoms with Crippen molar-refractivity contribution < 1.29 is 57.7 Å². The Morgan fingerprint density at radius 2 is 1.18 bits per heavy atom. The fourth-order valence-electron chi connectivity index (χ4n) is 12.8. The van der Waals surface area contributed by atoms with Crippen LogP contribution >= 0.6 is 0 Å². The van der Waals surface area contributed by atoms with Crippen molar-refractivity contribution in [2.45, 2.75) is 188 Å². The molecule has 91 heavy (non-hydrogen) atoms. The highest BCUT2D eigenvalue weighted by atomic mass is 16.6. The van der Waals surface area contributed by atoms with Crippen LogP contribution in [0.2, 0.25) is 0 Å². The maximum Gasteiger partial charge on any atom is 0.332 e. The predicted molar refractivity (Wildman–Crippen MR) is 348 cm³/mol. The molecule has 500 valence electrons. The standard InChI is InChI=1S/C69H102N10O12/c1-17-44(9)55-66(86)75(14)56(42(5)6)61(81)71-50(36-41(3)4)64(84)77(16)59(69(11,12)89)68(88)91-58(45(10)18-2)67(87)76(15)57(43(7)8)62(82)72-51(38-46-24-20-19-21-25-46)63(83)74(13)53(65(85)79-31-23-28-52(79)60(80)73-55)39-47-26-22-27-48(37-47)49-29-30-70-54(40-49)78-32-34-90-35-33-78/h19-22,24-27,29-30,37,40-45,50-53,55-59,89H,17-18,23,28,31-36,38-39H2,1-16H3,(H,71,81)(H,72,82)(H,73,80)/t44-,45-,50-,51-,52-,53-,55-,56-,57-,58+,59+/m0/s1. The van der Waals surface area contributed by atoms with E-state index in [0.717, 1.165) is 21.8 Å². The Morgan fingerprint density at radius 3 is 1.76 bits per heavy atom. The minimum Gasteiger partial charge on any atom is -0.450 e. The summed E-state index contributed by atoms with van der Waals surface area (Å²) in [6, 6.07) is 10.3. The SMILES string of the molecule is CC[C@H](C)[C@@H]1NC(=O)[C@@H]2CCCN2C(=O)[C@H](Cc2cccc(-c3ccnc(N4CCOCC4)c3)c2)N(C)C(=O)[C@H](Cc2ccccc2)NC(=O)[C@H](C(C)C)N(C)C(=O)[C@@H]([C@@H](C)CC)OC(=O)[C@H](C(C)(C)O)N(C)C(=O)[C@H](CC(C)C)NC(=O)[C@H](C(C)C)N(C)C1=O. The number of ether oxygens (including phenoxy) is 2. The minimum atomic E-state index is -1.99. The number of esters is 1. The molecule has 2 aromatic carbocycles. The molecule has 8 amide bonds. The molecule has 3 saturated heterocycles. The number of amides is 8. The van der Waals surface area contributed by atoms with Gasteiger partial charge in [-0.1, -0.05) is 130 Å². The van der Waals surface area contributed by atoms with E-state index in [-0.39, 0.29) is 38.1 Å². The molecule has 4 heterocycles. The average molecular weight is 1260 g/mol. The highest BCUT2D eigenvalue weighted by Crippen LogP contribution is 2.30. The van der Waals surface area contributed by atoms with Gasteiger partial charge in [-0.2, -0.15) is 0 Å². The Bertz CT molecular complexity index is 3020. The van der Waals surface area contributed by atoms with Crippen LogP contribution in [0.25, 0.3) is 11.1 Å². The Balaban J connectivity index is 1.52. The summed E-state index contributed by atoms with van der Waals surface area (Å²) in [5.74, 6) is -8.10. The van der Waals surface area contributed by atoms with Crippen molar-refractivity contribution in [2.24, 2.45) is 29.6 Å². The lowest BCUT2D eigenvalue weighted by molar-refractivity contribution is -0.177. The number of rotatable bonds is 15. The number of likely N-dealkylation sites (N-methyl/N-ethyl adjacent to an activating group) is 4. The summed E-state index contributed by atoms with van der Waals surface area (Å²) >= 11 is 0. The first-order chi connectivity index (χ1) is 42.9. The molecule has 0 saturated carbocycles. The molecule has 0 spiro atoms. The maximum atomic E-state index is 15.8. The molecule has 3 aliphatic rings. The zero-order chi connectivity index (χ0) is 67.3. The van der Waals surface area contributed by atoms with Crippen molar-refractivity contribution >= 4 is 59.0 Å². The molecule has 4 N–H and O–H groups in total. The molecule has 0 aliphatic carbocycles. The quantitative estimate of drug-likeness (QED) is 0.141. The lowest BCUT2D eigenvalue weighted by atomic mass is 9.93. The van der Waals surface area contributed by atoms with E-state index in [4.69, 9.17) is 9.47 Å². The Hall–Kier alpha value is -7.46. The largest absolute Gasteiger partial charge is 0.450 e. The van der Waals surface area contributed by atoms with Gasteiger partial charge in [-0.3, -0.25) is 38.4 Å². The first-order valence-corrected chi connectivity index (χ1v) is 32.5. The van der Waals surface area contributed by atoms with E-state index in [9.17, 15) is 19.5 Å². The third-order valence-electron chi connectivity index (χ3n) is 18.3. The smallest absolute Gasteiger partial charge is 0.332 e. The first-order valence-electron chi connectivity index (χ1n) is 32.5. The van der Waals surface area contributed by atoms with Gasteiger partial charge in [0.15, 0.2) is 12.1 Å². The number of aromatic nitrogens is 1. The topological polar surface area (TPSA) is 261 Å². The summed E-state index contributed by atoms with van der Waals surface area (Å²) < 4.78 is 11.7. The number of cyclic esters (lactones) is 1. The monoisotopic (exact) mass is 1260 g/mol. The second-order valence-electron chi connectivity index (χ2n) is 26.9. The third-order valence-corrected chi connectivity index (χ3v) is 18.3. The summed E-state index contributed by atoms with van der Waals surface area (Å²) in [7, 11) is 5.69. The van der Waals surface area contributed by atoms with Gasteiger partial charge >= 0.3 is 5.97 Å². The molecule has 11 atom stereocenters. The van der Waals surface area contributed by atoms with Crippen LogP contribution < -0.4 is 20.9 Å². The third kappa shape index (κ3) is 18.0. The van der Waals surface area contributed by atoms with Crippen molar-refractivity contribution in [3.8, 4) is 11.1 Å². The van der Waals surface area contributed by atoms with Crippen LogP contribution in [0.4, 0.5) is 5.82 Å². The van der Waals surface area contributed by atoms with Crippen LogP contribution in [0.15, 0.2) is 72.9 Å². The average Bonchev–Trinajstić information content (AvgIpc) is 2.18. The second-order valence-corrected chi connectivity index (χ2v) is 26.9. The van der Waals surface area contributed by atoms with Crippen molar-refractivity contribution in [3.63, 3.8) is 0 Å². The number of anilines is 1. The summed E-state index contributed by atoms with van der Waals surface area (Å²) in [6.45, 7) is 23.1. The molecule has 3 aliphatic heterocycles. The molecular formula is C69H102N10O12. The van der Waals surface area contributed by atoms with Gasteiger partial charge in [-0.15, -0.1) is 0 Å². The lowest BCUT2D eigenvalue weighted by Gasteiger charge is -2.39. The molecule has 6 rings (SSSR count). The van der Waals surface area contributed by atoms with E-state index in [0.29, 0.717) is 56.7 Å². The van der Waals surface area contributed by atoms with E-state index in [2.05, 4.69) is 25.8 Å². The van der Waals surface area contributed by atoms with Crippen molar-refractivity contribution in [2.75, 3.05) is 65.9 Å². The summed E-state index contributed by atoms with van der Waals surface area (Å²) in [4.78, 5) is 150. The summed E-state index contributed by atoms with van der Waals surface area (Å²) in [5, 5.41) is 20.7. The molecule has 1 aromatic heterocycles. The van der Waals surface area contributed by atoms with Crippen molar-refractivity contribution in [1.82, 2.24) is 45.4 Å². The number of aliphatic hydroxyl groups is 1. The van der Waals surface area contributed by atoms with Gasteiger partial charge in [0.05, 0.1) is 18.8 Å². The van der Waals surface area contributed by atoms with Crippen molar-refractivity contribution in [3.05, 3.63) is 84.1 Å². The Labute approximate surface area is 538 Å². The number of carbonyl (C=O) groups excluding carboxylic acids is 9. The van der Waals surface area contributed by atoms with Crippen LogP contribution in [0, 0.1) is 29.6 Å². The molecular weight excluding hydrogens is 1160 g/mol. The highest BCUT2D eigenvalue weighted by molar-refractivity contribution is 5.99. The van der Waals surface area contributed by atoms with E-state index in [1.165, 1.54) is 61.6 Å². The van der Waals surface area contributed by atoms with Gasteiger partial charge in [0.1, 0.15) is 48.1 Å². The van der Waals surface area contributed by atoms with Gasteiger partial charge in [-0.25, -0.2) is 9.78 Å². The molecule has 3 fully saturated rings. The van der Waals surface area contributed by atoms with Crippen LogP contribution in [0.5, 0.6) is 0 Å². The zero-order valence-corrected chi connectivity index (χ0v) is 56.6. The molecule has 0 radical (unpaired) electrons. The van der Waals surface area contributed by atoms with Crippen LogP contribution in [-0.2, 0) is 65.5 Å². The Morgan fingerprint density at radius 1 is 0.604 bits per heavy atom. The number of pyridine rings is 1. The van der Waals surface area contributed by atoms with Gasteiger partial charge in [0.25, 0.3) is 5.91 Å². The van der Waals surface area contributed by atoms with Gasteiger partial charge in [0, 0.05) is 72.8 Å². The van der Waals surface area contributed by atoms with Gasteiger partial charge in [-0.05, 0) is 97.6 Å². The number of carbonyl (C=O) groups is 9. The van der Waals surface area contributed by atoms with E-state index in [1.54, 1.807) is 59.9 Å². The van der Waals surface area contributed by atoms with E-state index < -0.39 is 137 Å². The maximum absolute atomic E-state index is 15.8. The van der Waals surface area contributed by atoms with E-state index >= 15 is 28.8 Å². The second kappa shape index (κ2) is 32.2. The molecule has 22 heteroatoms. The van der Waals surface area contributed by atoms with Crippen LogP contribution in [-0.4, -0.2) is 209 Å². The Kier molecular flexibility index (Phi) is 25.7. The summed E-state index contributed by atoms with van der Waals surface area (Å²) in [5.41, 5.74) is 1.07. The number of hydrogen-bond donors (Lipinski definition) is 4. The fraction of sp³-hybridized carbons (Fsp3) is 0.623.